The zero-order valence-corrected chi connectivity index (χ0v) is 11.8. The number of carbonyl (C=O) groups is 2. The van der Waals surface area contributed by atoms with Crippen LogP contribution in [-0.4, -0.2) is 41.8 Å². The molecule has 0 aromatic rings. The topological polar surface area (TPSA) is 79.6 Å². The van der Waals surface area contributed by atoms with E-state index in [-0.39, 0.29) is 19.1 Å². The second-order valence-electron chi connectivity index (χ2n) is 5.46. The molecule has 1 aliphatic rings. The van der Waals surface area contributed by atoms with E-state index in [2.05, 4.69) is 6.07 Å². The molecule has 0 spiro atoms. The zero-order chi connectivity index (χ0) is 14.6. The van der Waals surface area contributed by atoms with E-state index in [4.69, 9.17) is 14.7 Å². The molecule has 0 bridgehead atoms. The molecule has 1 saturated heterocycles. The summed E-state index contributed by atoms with van der Waals surface area (Å²) in [6, 6.07) is 1.36. The van der Waals surface area contributed by atoms with Gasteiger partial charge in [-0.05, 0) is 34.1 Å². The van der Waals surface area contributed by atoms with E-state index in [0.29, 0.717) is 6.42 Å². The number of nitrogens with zero attached hydrogens (tertiary/aromatic N) is 2. The molecule has 106 valence electrons. The van der Waals surface area contributed by atoms with Gasteiger partial charge in [0.05, 0.1) is 18.6 Å². The maximum atomic E-state index is 12.0. The summed E-state index contributed by atoms with van der Waals surface area (Å²) in [5.41, 5.74) is -0.638. The first-order valence-electron chi connectivity index (χ1n) is 6.34. The Morgan fingerprint density at radius 3 is 2.53 bits per heavy atom. The molecule has 0 radical (unpaired) electrons. The third-order valence-electron chi connectivity index (χ3n) is 2.67. The summed E-state index contributed by atoms with van der Waals surface area (Å²) in [6.45, 7) is 7.41. The van der Waals surface area contributed by atoms with E-state index < -0.39 is 23.7 Å². The summed E-state index contributed by atoms with van der Waals surface area (Å²) in [7, 11) is 0. The molecule has 0 aromatic carbocycles. The Hall–Kier alpha value is -1.77. The third-order valence-corrected chi connectivity index (χ3v) is 2.67. The predicted molar refractivity (Wildman–Crippen MR) is 67.1 cm³/mol. The lowest BCUT2D eigenvalue weighted by Gasteiger charge is -2.27. The van der Waals surface area contributed by atoms with Crippen LogP contribution in [0, 0.1) is 17.2 Å². The highest BCUT2D eigenvalue weighted by Crippen LogP contribution is 2.25. The summed E-state index contributed by atoms with van der Waals surface area (Å²) < 4.78 is 10.2. The van der Waals surface area contributed by atoms with Crippen molar-refractivity contribution in [1.82, 2.24) is 4.90 Å². The van der Waals surface area contributed by atoms with Crippen molar-refractivity contribution in [1.29, 1.82) is 5.26 Å². The molecule has 1 rings (SSSR count). The molecule has 1 aliphatic heterocycles. The number of likely N-dealkylation sites (tertiary alicyclic amines) is 1. The number of rotatable bonds is 2. The summed E-state index contributed by atoms with van der Waals surface area (Å²) >= 11 is 0. The minimum atomic E-state index is -0.723. The van der Waals surface area contributed by atoms with Gasteiger partial charge in [-0.25, -0.2) is 9.59 Å². The highest BCUT2D eigenvalue weighted by Gasteiger charge is 2.42. The molecule has 0 aromatic heterocycles. The molecule has 6 heteroatoms. The fourth-order valence-electron chi connectivity index (χ4n) is 1.91. The molecular formula is C13H20N2O4. The van der Waals surface area contributed by atoms with Gasteiger partial charge in [-0.15, -0.1) is 0 Å². The Bertz CT molecular complexity index is 394. The van der Waals surface area contributed by atoms with Crippen LogP contribution < -0.4 is 0 Å². The SMILES string of the molecule is CCOC(=O)C1C[C@@H](C#N)CN1C(=O)OC(C)(C)C. The van der Waals surface area contributed by atoms with Gasteiger partial charge in [0.25, 0.3) is 0 Å². The van der Waals surface area contributed by atoms with Crippen LogP contribution in [0.2, 0.25) is 0 Å². The lowest BCUT2D eigenvalue weighted by atomic mass is 10.1. The van der Waals surface area contributed by atoms with E-state index in [0.717, 1.165) is 0 Å². The van der Waals surface area contributed by atoms with Crippen LogP contribution in [-0.2, 0) is 14.3 Å². The van der Waals surface area contributed by atoms with Crippen LogP contribution in [0.5, 0.6) is 0 Å². The van der Waals surface area contributed by atoms with Crippen LogP contribution in [0.3, 0.4) is 0 Å². The first kappa shape index (κ1) is 15.3. The summed E-state index contributed by atoms with van der Waals surface area (Å²) in [5.74, 6) is -0.840. The second-order valence-corrected chi connectivity index (χ2v) is 5.46. The van der Waals surface area contributed by atoms with Crippen LogP contribution in [0.25, 0.3) is 0 Å². The molecule has 0 N–H and O–H groups in total. The van der Waals surface area contributed by atoms with Gasteiger partial charge in [0.2, 0.25) is 0 Å². The van der Waals surface area contributed by atoms with Crippen LogP contribution >= 0.6 is 0 Å². The molecule has 19 heavy (non-hydrogen) atoms. The fourth-order valence-corrected chi connectivity index (χ4v) is 1.91. The van der Waals surface area contributed by atoms with Crippen LogP contribution in [0.1, 0.15) is 34.1 Å². The van der Waals surface area contributed by atoms with Crippen molar-refractivity contribution in [2.24, 2.45) is 5.92 Å². The van der Waals surface area contributed by atoms with Crippen molar-refractivity contribution in [3.63, 3.8) is 0 Å². The number of carbonyl (C=O) groups excluding carboxylic acids is 2. The van der Waals surface area contributed by atoms with Crippen molar-refractivity contribution >= 4 is 12.1 Å². The van der Waals surface area contributed by atoms with Gasteiger partial charge in [-0.2, -0.15) is 5.26 Å². The van der Waals surface area contributed by atoms with E-state index in [1.165, 1.54) is 4.90 Å². The van der Waals surface area contributed by atoms with Gasteiger partial charge >= 0.3 is 12.1 Å². The molecule has 1 unspecified atom stereocenters. The Labute approximate surface area is 113 Å². The average Bonchev–Trinajstić information content (AvgIpc) is 2.71. The zero-order valence-electron chi connectivity index (χ0n) is 11.8. The number of nitriles is 1. The number of esters is 1. The van der Waals surface area contributed by atoms with E-state index in [1.807, 2.05) is 0 Å². The van der Waals surface area contributed by atoms with E-state index in [9.17, 15) is 9.59 Å². The first-order chi connectivity index (χ1) is 8.78. The smallest absolute Gasteiger partial charge is 0.411 e. The average molecular weight is 268 g/mol. The number of ether oxygens (including phenoxy) is 2. The molecule has 0 saturated carbocycles. The molecule has 1 heterocycles. The molecule has 0 aliphatic carbocycles. The fraction of sp³-hybridized carbons (Fsp3) is 0.769. The number of amides is 1. The minimum absolute atomic E-state index is 0.203. The van der Waals surface area contributed by atoms with Gasteiger partial charge < -0.3 is 9.47 Å². The van der Waals surface area contributed by atoms with Crippen LogP contribution in [0.4, 0.5) is 4.79 Å². The van der Waals surface area contributed by atoms with Gasteiger partial charge in [0.1, 0.15) is 11.6 Å². The molecule has 1 fully saturated rings. The second kappa shape index (κ2) is 5.91. The maximum absolute atomic E-state index is 12.0. The summed E-state index contributed by atoms with van der Waals surface area (Å²) in [4.78, 5) is 25.1. The van der Waals surface area contributed by atoms with E-state index in [1.54, 1.807) is 27.7 Å². The van der Waals surface area contributed by atoms with Crippen molar-refractivity contribution in [2.75, 3.05) is 13.2 Å². The highest BCUT2D eigenvalue weighted by molar-refractivity contribution is 5.82. The molecule has 6 nitrogen and oxygen atoms in total. The van der Waals surface area contributed by atoms with Crippen molar-refractivity contribution in [2.45, 2.75) is 45.8 Å². The quantitative estimate of drug-likeness (QED) is 0.712. The molecule has 1 amide bonds. The molecule has 2 atom stereocenters. The first-order valence-corrected chi connectivity index (χ1v) is 6.34. The van der Waals surface area contributed by atoms with Gasteiger partial charge in [-0.1, -0.05) is 0 Å². The van der Waals surface area contributed by atoms with E-state index >= 15 is 0 Å². The monoisotopic (exact) mass is 268 g/mol. The summed E-state index contributed by atoms with van der Waals surface area (Å²) in [6.07, 6.45) is -0.280. The highest BCUT2D eigenvalue weighted by atomic mass is 16.6. The lowest BCUT2D eigenvalue weighted by molar-refractivity contribution is -0.148. The van der Waals surface area contributed by atoms with Crippen molar-refractivity contribution < 1.29 is 19.1 Å². The van der Waals surface area contributed by atoms with Gasteiger partial charge in [0, 0.05) is 6.54 Å². The summed E-state index contributed by atoms with van der Waals surface area (Å²) in [5, 5.41) is 8.95. The minimum Gasteiger partial charge on any atom is -0.464 e. The number of hydrogen-bond donors (Lipinski definition) is 0. The van der Waals surface area contributed by atoms with Crippen LogP contribution in [0.15, 0.2) is 0 Å². The Morgan fingerprint density at radius 2 is 2.05 bits per heavy atom. The number of hydrogen-bond acceptors (Lipinski definition) is 5. The third kappa shape index (κ3) is 4.12. The normalized spacial score (nSPS) is 22.8. The predicted octanol–water partition coefficient (Wildman–Crippen LogP) is 1.70. The van der Waals surface area contributed by atoms with Gasteiger partial charge in [0.15, 0.2) is 0 Å². The Balaban J connectivity index is 2.80. The Morgan fingerprint density at radius 1 is 1.42 bits per heavy atom. The van der Waals surface area contributed by atoms with Crippen molar-refractivity contribution in [3.05, 3.63) is 0 Å². The molecular weight excluding hydrogens is 248 g/mol. The van der Waals surface area contributed by atoms with Gasteiger partial charge in [-0.3, -0.25) is 4.90 Å². The standard InChI is InChI=1S/C13H20N2O4/c1-5-18-11(16)10-6-9(7-14)8-15(10)12(17)19-13(2,3)4/h9-10H,5-6,8H2,1-4H3/t9-,10?/m0/s1. The lowest BCUT2D eigenvalue weighted by Crippen LogP contribution is -2.44. The maximum Gasteiger partial charge on any atom is 0.411 e. The Kier molecular flexibility index (Phi) is 4.76. The van der Waals surface area contributed by atoms with Crippen molar-refractivity contribution in [3.8, 4) is 6.07 Å². The largest absolute Gasteiger partial charge is 0.464 e.